The highest BCUT2D eigenvalue weighted by molar-refractivity contribution is 7.90. The van der Waals surface area contributed by atoms with Gasteiger partial charge in [0.1, 0.15) is 5.82 Å². The maximum Gasteiger partial charge on any atom is 0.416 e. The van der Waals surface area contributed by atoms with Gasteiger partial charge in [-0.1, -0.05) is 12.1 Å². The smallest absolute Gasteiger partial charge is 0.348 e. The Kier molecular flexibility index (Phi) is 5.41. The Morgan fingerprint density at radius 3 is 2.35 bits per heavy atom. The van der Waals surface area contributed by atoms with Gasteiger partial charge in [-0.15, -0.1) is 0 Å². The summed E-state index contributed by atoms with van der Waals surface area (Å²) in [5, 5.41) is 2.31. The van der Waals surface area contributed by atoms with Gasteiger partial charge in [0.25, 0.3) is 5.91 Å². The quantitative estimate of drug-likeness (QED) is 0.815. The molecule has 0 radical (unpaired) electrons. The van der Waals surface area contributed by atoms with Crippen molar-refractivity contribution >= 4 is 15.7 Å². The number of rotatable bonds is 4. The second kappa shape index (κ2) is 7.06. The minimum Gasteiger partial charge on any atom is -0.348 e. The number of amides is 1. The molecule has 0 aliphatic rings. The summed E-state index contributed by atoms with van der Waals surface area (Å²) in [7, 11) is -3.54. The van der Waals surface area contributed by atoms with E-state index in [1.807, 2.05) is 0 Å². The summed E-state index contributed by atoms with van der Waals surface area (Å²) >= 11 is 0. The van der Waals surface area contributed by atoms with Gasteiger partial charge in [0.05, 0.1) is 10.5 Å². The second-order valence-corrected chi connectivity index (χ2v) is 7.75. The van der Waals surface area contributed by atoms with Crippen molar-refractivity contribution in [1.82, 2.24) is 5.32 Å². The fourth-order valence-corrected chi connectivity index (χ4v) is 2.96. The highest BCUT2D eigenvalue weighted by atomic mass is 32.2. The number of carbonyl (C=O) groups is 1. The molecule has 0 heterocycles. The van der Waals surface area contributed by atoms with Crippen molar-refractivity contribution < 1.29 is 30.8 Å². The predicted molar refractivity (Wildman–Crippen MR) is 86.9 cm³/mol. The Labute approximate surface area is 147 Å². The molecule has 0 saturated heterocycles. The van der Waals surface area contributed by atoms with Crippen molar-refractivity contribution in [2.75, 3.05) is 6.26 Å². The molecular weight excluding hydrogens is 374 g/mol. The molecule has 0 atom stereocenters. The van der Waals surface area contributed by atoms with Crippen LogP contribution < -0.4 is 5.32 Å². The lowest BCUT2D eigenvalue weighted by Crippen LogP contribution is -2.25. The molecular formula is C17H15F4NO3S. The van der Waals surface area contributed by atoms with Gasteiger partial charge in [0.15, 0.2) is 9.84 Å². The van der Waals surface area contributed by atoms with E-state index in [9.17, 15) is 30.8 Å². The molecule has 0 aromatic heterocycles. The average molecular weight is 389 g/mol. The summed E-state index contributed by atoms with van der Waals surface area (Å²) in [4.78, 5) is 12.2. The zero-order valence-electron chi connectivity index (χ0n) is 13.8. The molecule has 2 rings (SSSR count). The molecule has 0 fully saturated rings. The molecule has 140 valence electrons. The van der Waals surface area contributed by atoms with Gasteiger partial charge in [-0.05, 0) is 42.3 Å². The maximum absolute atomic E-state index is 13.1. The van der Waals surface area contributed by atoms with E-state index in [0.29, 0.717) is 11.6 Å². The first-order valence-corrected chi connectivity index (χ1v) is 9.23. The molecule has 0 unspecified atom stereocenters. The minimum absolute atomic E-state index is 0.0311. The van der Waals surface area contributed by atoms with Crippen LogP contribution in [-0.2, 0) is 22.6 Å². The van der Waals surface area contributed by atoms with Gasteiger partial charge in [-0.2, -0.15) is 13.2 Å². The van der Waals surface area contributed by atoms with Gasteiger partial charge in [-0.25, -0.2) is 12.8 Å². The molecule has 1 amide bonds. The number of hydrogen-bond donors (Lipinski definition) is 1. The van der Waals surface area contributed by atoms with Crippen LogP contribution in [0, 0.1) is 12.7 Å². The van der Waals surface area contributed by atoms with Crippen LogP contribution in [0.4, 0.5) is 17.6 Å². The lowest BCUT2D eigenvalue weighted by Gasteiger charge is -2.14. The van der Waals surface area contributed by atoms with E-state index < -0.39 is 39.8 Å². The molecule has 4 nitrogen and oxygen atoms in total. The number of benzene rings is 2. The van der Waals surface area contributed by atoms with Gasteiger partial charge >= 0.3 is 6.18 Å². The topological polar surface area (TPSA) is 63.2 Å². The molecule has 0 aliphatic carbocycles. The fraction of sp³-hybridized carbons (Fsp3) is 0.235. The monoisotopic (exact) mass is 389 g/mol. The first-order chi connectivity index (χ1) is 11.9. The number of nitrogens with one attached hydrogen (secondary N) is 1. The Bertz CT molecular complexity index is 953. The molecule has 9 heteroatoms. The molecule has 0 saturated carbocycles. The highest BCUT2D eigenvalue weighted by Crippen LogP contribution is 2.32. The average Bonchev–Trinajstić information content (AvgIpc) is 2.51. The number of hydrogen-bond acceptors (Lipinski definition) is 3. The van der Waals surface area contributed by atoms with Crippen molar-refractivity contribution in [3.8, 4) is 0 Å². The van der Waals surface area contributed by atoms with Crippen molar-refractivity contribution in [3.05, 3.63) is 64.5 Å². The van der Waals surface area contributed by atoms with E-state index in [-0.39, 0.29) is 16.0 Å². The Balaban J connectivity index is 2.28. The lowest BCUT2D eigenvalue weighted by atomic mass is 10.1. The first-order valence-electron chi connectivity index (χ1n) is 7.34. The highest BCUT2D eigenvalue weighted by Gasteiger charge is 2.33. The third kappa shape index (κ3) is 4.60. The van der Waals surface area contributed by atoms with Crippen LogP contribution in [0.1, 0.15) is 27.0 Å². The zero-order valence-corrected chi connectivity index (χ0v) is 14.6. The van der Waals surface area contributed by atoms with Crippen LogP contribution in [0.15, 0.2) is 41.3 Å². The molecule has 0 bridgehead atoms. The molecule has 2 aromatic rings. The SMILES string of the molecule is Cc1ccc(S(C)(=O)=O)cc1C(=O)NCc1ccc(F)cc1C(F)(F)F. The molecule has 2 aromatic carbocycles. The van der Waals surface area contributed by atoms with Crippen LogP contribution in [0.5, 0.6) is 0 Å². The minimum atomic E-state index is -4.77. The summed E-state index contributed by atoms with van der Waals surface area (Å²) < 4.78 is 75.2. The van der Waals surface area contributed by atoms with Crippen molar-refractivity contribution in [1.29, 1.82) is 0 Å². The second-order valence-electron chi connectivity index (χ2n) is 5.73. The zero-order chi connectivity index (χ0) is 19.7. The molecule has 26 heavy (non-hydrogen) atoms. The van der Waals surface area contributed by atoms with Gasteiger partial charge < -0.3 is 5.32 Å². The number of alkyl halides is 3. The third-order valence-corrected chi connectivity index (χ3v) is 4.81. The summed E-state index contributed by atoms with van der Waals surface area (Å²) in [6, 6.07) is 6.10. The standard InChI is InChI=1S/C17H15F4NO3S/c1-10-3-6-13(26(2,24)25)8-14(10)16(23)22-9-11-4-5-12(18)7-15(11)17(19,20)21/h3-8H,9H2,1-2H3,(H,22,23). The van der Waals surface area contributed by atoms with Crippen LogP contribution in [0.25, 0.3) is 0 Å². The molecule has 1 N–H and O–H groups in total. The maximum atomic E-state index is 13.1. The number of sulfone groups is 1. The van der Waals surface area contributed by atoms with E-state index in [0.717, 1.165) is 24.5 Å². The normalized spacial score (nSPS) is 12.1. The Hall–Kier alpha value is -2.42. The predicted octanol–water partition coefficient (Wildman–Crippen LogP) is 3.49. The largest absolute Gasteiger partial charge is 0.416 e. The van der Waals surface area contributed by atoms with Crippen molar-refractivity contribution in [3.63, 3.8) is 0 Å². The van der Waals surface area contributed by atoms with Gasteiger partial charge in [0.2, 0.25) is 0 Å². The summed E-state index contributed by atoms with van der Waals surface area (Å²) in [5.41, 5.74) is -0.989. The third-order valence-electron chi connectivity index (χ3n) is 3.70. The van der Waals surface area contributed by atoms with Crippen molar-refractivity contribution in [2.24, 2.45) is 0 Å². The van der Waals surface area contributed by atoms with Crippen LogP contribution in [0.2, 0.25) is 0 Å². The van der Waals surface area contributed by atoms with Gasteiger partial charge in [0, 0.05) is 18.4 Å². The summed E-state index contributed by atoms with van der Waals surface area (Å²) in [5.74, 6) is -1.77. The number of aryl methyl sites for hydroxylation is 1. The number of halogens is 4. The summed E-state index contributed by atoms with van der Waals surface area (Å²) in [6.45, 7) is 1.08. The van der Waals surface area contributed by atoms with E-state index in [1.54, 1.807) is 6.92 Å². The summed E-state index contributed by atoms with van der Waals surface area (Å²) in [6.07, 6.45) is -3.79. The van der Waals surface area contributed by atoms with Crippen LogP contribution in [0.3, 0.4) is 0 Å². The van der Waals surface area contributed by atoms with E-state index in [2.05, 4.69) is 5.32 Å². The first kappa shape index (κ1) is 19.9. The lowest BCUT2D eigenvalue weighted by molar-refractivity contribution is -0.138. The van der Waals surface area contributed by atoms with E-state index in [4.69, 9.17) is 0 Å². The molecule has 0 spiro atoms. The number of carbonyl (C=O) groups excluding carboxylic acids is 1. The van der Waals surface area contributed by atoms with Crippen LogP contribution >= 0.6 is 0 Å². The molecule has 0 aliphatic heterocycles. The van der Waals surface area contributed by atoms with E-state index >= 15 is 0 Å². The fourth-order valence-electron chi connectivity index (χ4n) is 2.31. The van der Waals surface area contributed by atoms with Crippen LogP contribution in [-0.4, -0.2) is 20.6 Å². The van der Waals surface area contributed by atoms with Crippen molar-refractivity contribution in [2.45, 2.75) is 24.5 Å². The van der Waals surface area contributed by atoms with E-state index in [1.165, 1.54) is 12.1 Å². The van der Waals surface area contributed by atoms with Gasteiger partial charge in [-0.3, -0.25) is 4.79 Å². The Morgan fingerprint density at radius 1 is 1.12 bits per heavy atom. The Morgan fingerprint density at radius 2 is 1.77 bits per heavy atom.